The van der Waals surface area contributed by atoms with E-state index in [-0.39, 0.29) is 17.3 Å². The van der Waals surface area contributed by atoms with Crippen LogP contribution in [0.25, 0.3) is 22.8 Å². The number of halogens is 3. The second kappa shape index (κ2) is 4.76. The number of pyridine rings is 1. The summed E-state index contributed by atoms with van der Waals surface area (Å²) < 4.78 is 44.4. The number of hydrogen-bond acceptors (Lipinski definition) is 4. The second-order valence-electron chi connectivity index (χ2n) is 3.91. The van der Waals surface area contributed by atoms with Gasteiger partial charge in [-0.25, -0.2) is 13.2 Å². The largest absolute Gasteiger partial charge is 0.334 e. The minimum absolute atomic E-state index is 0.178. The average molecular weight is 277 g/mol. The Balaban J connectivity index is 2.05. The summed E-state index contributed by atoms with van der Waals surface area (Å²) in [5.41, 5.74) is 0.261. The summed E-state index contributed by atoms with van der Waals surface area (Å²) in [5.74, 6) is -3.51. The van der Waals surface area contributed by atoms with Crippen LogP contribution in [0, 0.1) is 17.5 Å². The molecular formula is C13H6F3N3O. The lowest BCUT2D eigenvalue weighted by Gasteiger charge is -1.98. The fraction of sp³-hybridized carbons (Fsp3) is 0. The molecule has 0 aliphatic rings. The van der Waals surface area contributed by atoms with Crippen LogP contribution in [0.1, 0.15) is 0 Å². The van der Waals surface area contributed by atoms with Gasteiger partial charge in [-0.1, -0.05) is 5.16 Å². The van der Waals surface area contributed by atoms with Gasteiger partial charge in [-0.2, -0.15) is 4.98 Å². The molecule has 0 saturated heterocycles. The molecule has 0 aliphatic carbocycles. The minimum atomic E-state index is -1.28. The topological polar surface area (TPSA) is 51.8 Å². The molecule has 20 heavy (non-hydrogen) atoms. The molecule has 3 aromatic rings. The van der Waals surface area contributed by atoms with E-state index in [4.69, 9.17) is 4.52 Å². The number of aromatic nitrogens is 3. The Labute approximate surface area is 110 Å². The zero-order chi connectivity index (χ0) is 14.1. The first kappa shape index (κ1) is 12.3. The van der Waals surface area contributed by atoms with E-state index in [9.17, 15) is 13.2 Å². The maximum absolute atomic E-state index is 13.6. The van der Waals surface area contributed by atoms with Gasteiger partial charge in [0.05, 0.1) is 5.56 Å². The normalized spacial score (nSPS) is 10.8. The van der Waals surface area contributed by atoms with Crippen LogP contribution >= 0.6 is 0 Å². The molecule has 1 aromatic carbocycles. The van der Waals surface area contributed by atoms with Crippen LogP contribution in [0.4, 0.5) is 13.2 Å². The van der Waals surface area contributed by atoms with Crippen molar-refractivity contribution in [3.8, 4) is 22.8 Å². The highest BCUT2D eigenvalue weighted by molar-refractivity contribution is 5.59. The van der Waals surface area contributed by atoms with Crippen molar-refractivity contribution >= 4 is 0 Å². The molecule has 0 N–H and O–H groups in total. The minimum Gasteiger partial charge on any atom is -0.334 e. The van der Waals surface area contributed by atoms with Gasteiger partial charge >= 0.3 is 0 Å². The van der Waals surface area contributed by atoms with Crippen LogP contribution in [-0.2, 0) is 0 Å². The Bertz CT molecular complexity index is 759. The van der Waals surface area contributed by atoms with Crippen LogP contribution in [0.15, 0.2) is 41.2 Å². The van der Waals surface area contributed by atoms with Crippen molar-refractivity contribution in [1.82, 2.24) is 15.1 Å². The standard InChI is InChI=1S/C13H6F3N3O/c14-9-5-11(16)10(15)4-8(9)13-18-12(19-20-13)7-2-1-3-17-6-7/h1-6H. The molecule has 0 radical (unpaired) electrons. The third-order valence-electron chi connectivity index (χ3n) is 2.59. The monoisotopic (exact) mass is 277 g/mol. The summed E-state index contributed by atoms with van der Waals surface area (Å²) in [6, 6.07) is 4.45. The van der Waals surface area contributed by atoms with Gasteiger partial charge in [0, 0.05) is 24.0 Å². The molecule has 0 atom stereocenters. The predicted molar refractivity (Wildman–Crippen MR) is 62.8 cm³/mol. The second-order valence-corrected chi connectivity index (χ2v) is 3.91. The number of benzene rings is 1. The van der Waals surface area contributed by atoms with E-state index >= 15 is 0 Å². The summed E-state index contributed by atoms with van der Waals surface area (Å²) in [7, 11) is 0. The summed E-state index contributed by atoms with van der Waals surface area (Å²) in [6.45, 7) is 0. The Kier molecular flexibility index (Phi) is 2.94. The van der Waals surface area contributed by atoms with E-state index in [1.165, 1.54) is 6.20 Å². The van der Waals surface area contributed by atoms with Crippen LogP contribution in [0.2, 0.25) is 0 Å². The van der Waals surface area contributed by atoms with E-state index in [0.717, 1.165) is 0 Å². The summed E-state index contributed by atoms with van der Waals surface area (Å²) in [6.07, 6.45) is 3.07. The lowest BCUT2D eigenvalue weighted by molar-refractivity contribution is 0.427. The predicted octanol–water partition coefficient (Wildman–Crippen LogP) is 3.22. The van der Waals surface area contributed by atoms with Gasteiger partial charge in [-0.05, 0) is 18.2 Å². The highest BCUT2D eigenvalue weighted by Crippen LogP contribution is 2.25. The van der Waals surface area contributed by atoms with Crippen molar-refractivity contribution in [3.63, 3.8) is 0 Å². The molecule has 0 aliphatic heterocycles. The van der Waals surface area contributed by atoms with E-state index in [1.807, 2.05) is 0 Å². The molecule has 3 rings (SSSR count). The Morgan fingerprint density at radius 1 is 1.00 bits per heavy atom. The van der Waals surface area contributed by atoms with Gasteiger partial charge < -0.3 is 4.52 Å². The van der Waals surface area contributed by atoms with Crippen LogP contribution in [0.3, 0.4) is 0 Å². The molecule has 100 valence electrons. The maximum Gasteiger partial charge on any atom is 0.261 e. The van der Waals surface area contributed by atoms with Gasteiger partial charge in [0.25, 0.3) is 5.89 Å². The van der Waals surface area contributed by atoms with Gasteiger partial charge in [0.2, 0.25) is 5.82 Å². The highest BCUT2D eigenvalue weighted by atomic mass is 19.2. The molecular weight excluding hydrogens is 271 g/mol. The molecule has 0 bridgehead atoms. The van der Waals surface area contributed by atoms with Crippen molar-refractivity contribution in [2.75, 3.05) is 0 Å². The molecule has 2 aromatic heterocycles. The molecule has 7 heteroatoms. The van der Waals surface area contributed by atoms with Crippen molar-refractivity contribution in [1.29, 1.82) is 0 Å². The van der Waals surface area contributed by atoms with Gasteiger partial charge in [0.15, 0.2) is 11.6 Å². The SMILES string of the molecule is Fc1cc(F)c(-c2nc(-c3cccnc3)no2)cc1F. The summed E-state index contributed by atoms with van der Waals surface area (Å²) in [4.78, 5) is 7.82. The molecule has 4 nitrogen and oxygen atoms in total. The zero-order valence-corrected chi connectivity index (χ0v) is 9.85. The first-order chi connectivity index (χ1) is 9.65. The number of hydrogen-bond donors (Lipinski definition) is 0. The summed E-state index contributed by atoms with van der Waals surface area (Å²) >= 11 is 0. The Morgan fingerprint density at radius 2 is 1.80 bits per heavy atom. The smallest absolute Gasteiger partial charge is 0.261 e. The number of rotatable bonds is 2. The molecule has 0 amide bonds. The third kappa shape index (κ3) is 2.13. The van der Waals surface area contributed by atoms with Crippen molar-refractivity contribution < 1.29 is 17.7 Å². The lowest BCUT2D eigenvalue weighted by Crippen LogP contribution is -1.91. The van der Waals surface area contributed by atoms with Crippen molar-refractivity contribution in [2.24, 2.45) is 0 Å². The van der Waals surface area contributed by atoms with E-state index < -0.39 is 17.5 Å². The molecule has 0 saturated carbocycles. The van der Waals surface area contributed by atoms with E-state index in [0.29, 0.717) is 17.7 Å². The molecule has 0 unspecified atom stereocenters. The lowest BCUT2D eigenvalue weighted by atomic mass is 10.2. The first-order valence-corrected chi connectivity index (χ1v) is 5.54. The Morgan fingerprint density at radius 3 is 2.55 bits per heavy atom. The first-order valence-electron chi connectivity index (χ1n) is 5.54. The van der Waals surface area contributed by atoms with Crippen LogP contribution < -0.4 is 0 Å². The van der Waals surface area contributed by atoms with E-state index in [2.05, 4.69) is 15.1 Å². The quantitative estimate of drug-likeness (QED) is 0.675. The number of nitrogens with zero attached hydrogens (tertiary/aromatic N) is 3. The molecule has 0 fully saturated rings. The van der Waals surface area contributed by atoms with Crippen LogP contribution in [-0.4, -0.2) is 15.1 Å². The van der Waals surface area contributed by atoms with Gasteiger partial charge in [-0.15, -0.1) is 0 Å². The Hall–Kier alpha value is -2.70. The van der Waals surface area contributed by atoms with Crippen molar-refractivity contribution in [2.45, 2.75) is 0 Å². The van der Waals surface area contributed by atoms with Crippen LogP contribution in [0.5, 0.6) is 0 Å². The molecule has 0 spiro atoms. The van der Waals surface area contributed by atoms with Gasteiger partial charge in [0.1, 0.15) is 5.82 Å². The average Bonchev–Trinajstić information content (AvgIpc) is 2.93. The fourth-order valence-electron chi connectivity index (χ4n) is 1.63. The van der Waals surface area contributed by atoms with Crippen molar-refractivity contribution in [3.05, 3.63) is 54.1 Å². The molecule has 2 heterocycles. The maximum atomic E-state index is 13.6. The fourth-order valence-corrected chi connectivity index (χ4v) is 1.63. The van der Waals surface area contributed by atoms with Gasteiger partial charge in [-0.3, -0.25) is 4.98 Å². The van der Waals surface area contributed by atoms with E-state index in [1.54, 1.807) is 18.3 Å². The highest BCUT2D eigenvalue weighted by Gasteiger charge is 2.17. The third-order valence-corrected chi connectivity index (χ3v) is 2.59. The summed E-state index contributed by atoms with van der Waals surface area (Å²) in [5, 5.41) is 3.65. The zero-order valence-electron chi connectivity index (χ0n) is 9.85.